The largest absolute Gasteiger partial charge is 0.512 e. The van der Waals surface area contributed by atoms with Gasteiger partial charge in [-0.2, -0.15) is 0 Å². The summed E-state index contributed by atoms with van der Waals surface area (Å²) in [6.45, 7) is 14.4. The van der Waals surface area contributed by atoms with Gasteiger partial charge in [0.1, 0.15) is 0 Å². The van der Waals surface area contributed by atoms with Crippen LogP contribution in [-0.4, -0.2) is 40.1 Å². The highest BCUT2D eigenvalue weighted by Crippen LogP contribution is 2.64. The number of aliphatic hydroxyl groups excluding tert-OH is 1. The highest BCUT2D eigenvalue weighted by molar-refractivity contribution is 7.54. The van der Waals surface area contributed by atoms with Gasteiger partial charge in [0.05, 0.1) is 5.76 Å². The zero-order valence-corrected chi connectivity index (χ0v) is 30.6. The topological polar surface area (TPSA) is 299 Å². The Kier molecular flexibility index (Phi) is 17.3. The summed E-state index contributed by atoms with van der Waals surface area (Å²) in [6.07, 6.45) is 19.2. The number of hydrogen-bond donors (Lipinski definition) is 11. The van der Waals surface area contributed by atoms with E-state index in [2.05, 4.69) is 92.9 Å². The SMILES string of the molecule is CC(C)CCC[C@@H](C)[C@H]1CC=C2C3=CC=C4CC(O)=CC[C@]4(C)[C@H]3CC[C@@]21C.CP(N)(=O)O.CP(N)(=O)O.N=C(N)N.N=C(N)N. The van der Waals surface area contributed by atoms with Crippen molar-refractivity contribution in [2.45, 2.75) is 86.0 Å². The van der Waals surface area contributed by atoms with E-state index in [0.29, 0.717) is 17.1 Å². The van der Waals surface area contributed by atoms with E-state index >= 15 is 0 Å². The summed E-state index contributed by atoms with van der Waals surface area (Å²) in [4.78, 5) is 15.7. The highest BCUT2D eigenvalue weighted by atomic mass is 31.2. The maximum absolute atomic E-state index is 10.0. The third-order valence-corrected chi connectivity index (χ3v) is 8.88. The van der Waals surface area contributed by atoms with Crippen LogP contribution in [0, 0.1) is 45.3 Å². The molecule has 0 radical (unpaired) electrons. The van der Waals surface area contributed by atoms with E-state index in [-0.39, 0.29) is 17.3 Å². The van der Waals surface area contributed by atoms with Crippen molar-refractivity contribution in [1.29, 1.82) is 10.8 Å². The van der Waals surface area contributed by atoms with Crippen LogP contribution in [-0.2, 0) is 9.13 Å². The maximum atomic E-state index is 10.0. The van der Waals surface area contributed by atoms with Gasteiger partial charge >= 0.3 is 0 Å². The van der Waals surface area contributed by atoms with E-state index in [1.807, 2.05) is 0 Å². The molecule has 46 heavy (non-hydrogen) atoms. The minimum atomic E-state index is -3.14. The molecular formula is C31H62N8O5P2. The second-order valence-corrected chi connectivity index (χ2v) is 17.6. The van der Waals surface area contributed by atoms with E-state index in [1.54, 1.807) is 11.1 Å². The molecule has 2 unspecified atom stereocenters. The second kappa shape index (κ2) is 18.2. The van der Waals surface area contributed by atoms with Gasteiger partial charge in [0.15, 0.2) is 11.9 Å². The Morgan fingerprint density at radius 3 is 1.87 bits per heavy atom. The third kappa shape index (κ3) is 15.9. The standard InChI is InChI=1S/C27H40O.2CH5N3.2CH6NO2P/c1-18(2)7-6-8-19(3)23-11-12-24-22-10-9-20-17-21(28)13-15-26(20,4)25(22)14-16-27(23,24)5;2*2-1(3)4;2*1-5(2,3)4/h9-10,12-13,18-19,23,25,28H,6-8,11,14-17H2,1-5H3;2*(H5,2,3,4);2*1H3,(H3,2,3,4)/t19-,23-,25+,26+,27-;;;;/m1..../s1. The van der Waals surface area contributed by atoms with Gasteiger partial charge < -0.3 is 37.8 Å². The Balaban J connectivity index is 0.000000927. The van der Waals surface area contributed by atoms with Crippen molar-refractivity contribution in [2.24, 2.45) is 68.4 Å². The number of hydrogen-bond acceptors (Lipinski definition) is 5. The summed E-state index contributed by atoms with van der Waals surface area (Å²) < 4.78 is 19.1. The quantitative estimate of drug-likeness (QED) is 0.102. The Labute approximate surface area is 276 Å². The first-order chi connectivity index (χ1) is 20.7. The molecule has 0 heterocycles. The lowest BCUT2D eigenvalue weighted by molar-refractivity contribution is 0.116. The monoisotopic (exact) mass is 688 g/mol. The Hall–Kier alpha value is -2.40. The summed E-state index contributed by atoms with van der Waals surface area (Å²) in [5.41, 5.74) is 32.2. The first kappa shape index (κ1) is 43.6. The predicted octanol–water partition coefficient (Wildman–Crippen LogP) is 5.12. The van der Waals surface area contributed by atoms with Gasteiger partial charge in [-0.15, -0.1) is 0 Å². The van der Waals surface area contributed by atoms with Crippen LogP contribution in [0.4, 0.5) is 0 Å². The molecule has 0 saturated heterocycles. The van der Waals surface area contributed by atoms with Crippen LogP contribution in [0.3, 0.4) is 0 Å². The zero-order chi connectivity index (χ0) is 36.3. The first-order valence-electron chi connectivity index (χ1n) is 15.6. The average molecular weight is 689 g/mol. The van der Waals surface area contributed by atoms with Crippen LogP contribution in [0.1, 0.15) is 86.0 Å². The van der Waals surface area contributed by atoms with Crippen molar-refractivity contribution in [1.82, 2.24) is 0 Å². The van der Waals surface area contributed by atoms with Gasteiger partial charge in [0.2, 0.25) is 0 Å². The van der Waals surface area contributed by atoms with Crippen LogP contribution in [0.25, 0.3) is 0 Å². The molecule has 0 aromatic rings. The third-order valence-electron chi connectivity index (χ3n) is 8.88. The van der Waals surface area contributed by atoms with Crippen LogP contribution >= 0.6 is 15.0 Å². The molecule has 0 spiro atoms. The van der Waals surface area contributed by atoms with E-state index in [9.17, 15) is 14.2 Å². The molecule has 17 N–H and O–H groups in total. The predicted molar refractivity (Wildman–Crippen MR) is 191 cm³/mol. The number of nitrogens with two attached hydrogens (primary N) is 6. The minimum Gasteiger partial charge on any atom is -0.512 e. The number of fused-ring (bicyclic) bond motifs is 5. The molecule has 1 saturated carbocycles. The van der Waals surface area contributed by atoms with Crippen molar-refractivity contribution in [3.63, 3.8) is 0 Å². The van der Waals surface area contributed by atoms with Crippen molar-refractivity contribution < 1.29 is 24.0 Å². The van der Waals surface area contributed by atoms with Crippen LogP contribution in [0.2, 0.25) is 0 Å². The van der Waals surface area contributed by atoms with E-state index in [0.717, 1.165) is 43.9 Å². The molecule has 7 atom stereocenters. The van der Waals surface area contributed by atoms with Crippen molar-refractivity contribution in [2.75, 3.05) is 13.3 Å². The fraction of sp³-hybridized carbons (Fsp3) is 0.677. The van der Waals surface area contributed by atoms with Crippen molar-refractivity contribution in [3.8, 4) is 0 Å². The van der Waals surface area contributed by atoms with Gasteiger partial charge in [0, 0.05) is 19.8 Å². The number of nitrogens with one attached hydrogen (secondary N) is 2. The van der Waals surface area contributed by atoms with Gasteiger partial charge in [-0.05, 0) is 77.4 Å². The summed E-state index contributed by atoms with van der Waals surface area (Å²) >= 11 is 0. The fourth-order valence-corrected chi connectivity index (χ4v) is 7.01. The minimum absolute atomic E-state index is 0.208. The molecule has 0 aromatic heterocycles. The summed E-state index contributed by atoms with van der Waals surface area (Å²) in [7, 11) is -6.28. The number of allylic oxidation sites excluding steroid dienone is 7. The molecule has 0 amide bonds. The lowest BCUT2D eigenvalue weighted by Crippen LogP contribution is -2.42. The summed E-state index contributed by atoms with van der Waals surface area (Å²) in [6, 6.07) is 0. The van der Waals surface area contributed by atoms with Gasteiger partial charge in [-0.1, -0.05) is 77.7 Å². The Morgan fingerprint density at radius 1 is 0.935 bits per heavy atom. The van der Waals surface area contributed by atoms with Crippen molar-refractivity contribution in [3.05, 3.63) is 46.8 Å². The molecule has 15 heteroatoms. The van der Waals surface area contributed by atoms with E-state index < -0.39 is 15.0 Å². The first-order valence-corrected chi connectivity index (χ1v) is 19.9. The summed E-state index contributed by atoms with van der Waals surface area (Å²) in [5, 5.41) is 22.1. The van der Waals surface area contributed by atoms with Gasteiger partial charge in [0.25, 0.3) is 15.0 Å². The molecule has 0 bridgehead atoms. The van der Waals surface area contributed by atoms with Gasteiger partial charge in [-0.25, -0.2) is 0 Å². The molecule has 1 fully saturated rings. The lowest BCUT2D eigenvalue weighted by Gasteiger charge is -2.52. The molecular weight excluding hydrogens is 626 g/mol. The van der Waals surface area contributed by atoms with E-state index in [1.165, 1.54) is 44.1 Å². The zero-order valence-electron chi connectivity index (χ0n) is 28.8. The van der Waals surface area contributed by atoms with E-state index in [4.69, 9.17) is 20.6 Å². The normalized spacial score (nSPS) is 28.8. The smallest absolute Gasteiger partial charge is 0.261 e. The van der Waals surface area contributed by atoms with Crippen LogP contribution < -0.4 is 33.9 Å². The summed E-state index contributed by atoms with van der Waals surface area (Å²) in [5.74, 6) is 2.98. The number of guanidine groups is 2. The molecule has 4 aliphatic rings. The molecule has 0 aromatic carbocycles. The highest BCUT2D eigenvalue weighted by Gasteiger charge is 2.53. The molecule has 4 aliphatic carbocycles. The molecule has 4 rings (SSSR count). The lowest BCUT2D eigenvalue weighted by atomic mass is 9.52. The average Bonchev–Trinajstić information content (AvgIpc) is 3.19. The maximum Gasteiger partial charge on any atom is 0.261 e. The van der Waals surface area contributed by atoms with Crippen LogP contribution in [0.5, 0.6) is 0 Å². The Morgan fingerprint density at radius 2 is 1.41 bits per heavy atom. The van der Waals surface area contributed by atoms with Crippen molar-refractivity contribution >= 4 is 27.0 Å². The van der Waals surface area contributed by atoms with Gasteiger partial charge in [-0.3, -0.25) is 31.0 Å². The number of rotatable bonds is 5. The van der Waals surface area contributed by atoms with Crippen LogP contribution in [0.15, 0.2) is 46.8 Å². The molecule has 266 valence electrons. The fourth-order valence-electron chi connectivity index (χ4n) is 7.01. The molecule has 0 aliphatic heterocycles. The Bertz CT molecular complexity index is 1210. The molecule has 13 nitrogen and oxygen atoms in total. The number of aliphatic hydroxyl groups is 1. The second-order valence-electron chi connectivity index (χ2n) is 13.9.